The molecule has 134 valence electrons. The van der Waals surface area contributed by atoms with Gasteiger partial charge in [0, 0.05) is 57.2 Å². The molecule has 0 bridgehead atoms. The SMILES string of the molecule is COc1ccnc(CN2CCN(C(C)c3ccccn3)CC2)c1OC. The molecule has 1 unspecified atom stereocenters. The number of ether oxygens (including phenoxy) is 2. The smallest absolute Gasteiger partial charge is 0.183 e. The number of hydrogen-bond acceptors (Lipinski definition) is 6. The average Bonchev–Trinajstić information content (AvgIpc) is 2.68. The van der Waals surface area contributed by atoms with Gasteiger partial charge in [0.15, 0.2) is 11.5 Å². The number of rotatable bonds is 6. The summed E-state index contributed by atoms with van der Waals surface area (Å²) in [6.07, 6.45) is 3.64. The zero-order valence-electron chi connectivity index (χ0n) is 15.2. The fourth-order valence-corrected chi connectivity index (χ4v) is 3.29. The summed E-state index contributed by atoms with van der Waals surface area (Å²) in [6, 6.07) is 8.28. The van der Waals surface area contributed by atoms with Gasteiger partial charge in [-0.25, -0.2) is 0 Å². The van der Waals surface area contributed by atoms with Gasteiger partial charge in [0.2, 0.25) is 0 Å². The lowest BCUT2D eigenvalue weighted by atomic mass is 10.1. The van der Waals surface area contributed by atoms with E-state index in [0.29, 0.717) is 6.04 Å². The standard InChI is InChI=1S/C19H26N4O2/c1-15(16-6-4-5-8-20-16)23-12-10-22(11-13-23)14-17-19(25-3)18(24-2)7-9-21-17/h4-9,15H,10-14H2,1-3H3. The molecule has 2 aromatic heterocycles. The summed E-state index contributed by atoms with van der Waals surface area (Å²) in [5.41, 5.74) is 2.06. The number of methoxy groups -OCH3 is 2. The second-order valence-corrected chi connectivity index (χ2v) is 6.24. The third-order valence-electron chi connectivity index (χ3n) is 4.81. The highest BCUT2D eigenvalue weighted by atomic mass is 16.5. The molecule has 3 heterocycles. The van der Waals surface area contributed by atoms with Gasteiger partial charge in [0.05, 0.1) is 19.9 Å². The molecule has 1 saturated heterocycles. The van der Waals surface area contributed by atoms with Crippen LogP contribution in [-0.2, 0) is 6.54 Å². The molecule has 1 aliphatic heterocycles. The number of pyridine rings is 2. The van der Waals surface area contributed by atoms with Crippen molar-refractivity contribution in [1.29, 1.82) is 0 Å². The van der Waals surface area contributed by atoms with E-state index in [4.69, 9.17) is 9.47 Å². The van der Waals surface area contributed by atoms with Gasteiger partial charge in [-0.2, -0.15) is 0 Å². The van der Waals surface area contributed by atoms with E-state index in [2.05, 4.69) is 38.8 Å². The first-order valence-electron chi connectivity index (χ1n) is 8.66. The van der Waals surface area contributed by atoms with Crippen molar-refractivity contribution in [2.24, 2.45) is 0 Å². The van der Waals surface area contributed by atoms with Gasteiger partial charge in [0.1, 0.15) is 5.69 Å². The Morgan fingerprint density at radius 2 is 1.80 bits per heavy atom. The minimum Gasteiger partial charge on any atom is -0.493 e. The number of nitrogens with zero attached hydrogens (tertiary/aromatic N) is 4. The summed E-state index contributed by atoms with van der Waals surface area (Å²) in [5.74, 6) is 1.46. The van der Waals surface area contributed by atoms with Crippen molar-refractivity contribution in [3.05, 3.63) is 48.0 Å². The van der Waals surface area contributed by atoms with Crippen molar-refractivity contribution in [2.45, 2.75) is 19.5 Å². The van der Waals surface area contributed by atoms with Crippen molar-refractivity contribution in [3.63, 3.8) is 0 Å². The van der Waals surface area contributed by atoms with E-state index >= 15 is 0 Å². The Bertz CT molecular complexity index is 672. The molecule has 1 atom stereocenters. The highest BCUT2D eigenvalue weighted by Gasteiger charge is 2.24. The third kappa shape index (κ3) is 4.08. The van der Waals surface area contributed by atoms with Crippen LogP contribution in [0.2, 0.25) is 0 Å². The maximum atomic E-state index is 5.49. The van der Waals surface area contributed by atoms with Crippen molar-refractivity contribution in [3.8, 4) is 11.5 Å². The molecule has 0 spiro atoms. The van der Waals surface area contributed by atoms with E-state index < -0.39 is 0 Å². The Morgan fingerprint density at radius 1 is 1.00 bits per heavy atom. The Kier molecular flexibility index (Phi) is 5.83. The van der Waals surface area contributed by atoms with Gasteiger partial charge in [-0.3, -0.25) is 19.8 Å². The van der Waals surface area contributed by atoms with Crippen LogP contribution in [0.4, 0.5) is 0 Å². The average molecular weight is 342 g/mol. The van der Waals surface area contributed by atoms with Crippen molar-refractivity contribution >= 4 is 0 Å². The fourth-order valence-electron chi connectivity index (χ4n) is 3.29. The first-order chi connectivity index (χ1) is 12.2. The molecule has 0 amide bonds. The van der Waals surface area contributed by atoms with Crippen LogP contribution in [0.5, 0.6) is 11.5 Å². The zero-order chi connectivity index (χ0) is 17.6. The molecule has 1 aliphatic rings. The molecule has 6 nitrogen and oxygen atoms in total. The highest BCUT2D eigenvalue weighted by Crippen LogP contribution is 2.30. The molecule has 0 N–H and O–H groups in total. The lowest BCUT2D eigenvalue weighted by Gasteiger charge is -2.37. The van der Waals surface area contributed by atoms with Crippen LogP contribution in [0, 0.1) is 0 Å². The molecule has 0 saturated carbocycles. The van der Waals surface area contributed by atoms with Crippen molar-refractivity contribution in [2.75, 3.05) is 40.4 Å². The van der Waals surface area contributed by atoms with Gasteiger partial charge >= 0.3 is 0 Å². The summed E-state index contributed by atoms with van der Waals surface area (Å²) in [6.45, 7) is 7.03. The number of piperazine rings is 1. The van der Waals surface area contributed by atoms with Crippen LogP contribution in [0.3, 0.4) is 0 Å². The van der Waals surface area contributed by atoms with Crippen molar-refractivity contribution in [1.82, 2.24) is 19.8 Å². The molecule has 3 rings (SSSR count). The van der Waals surface area contributed by atoms with Crippen LogP contribution >= 0.6 is 0 Å². The van der Waals surface area contributed by atoms with E-state index in [1.807, 2.05) is 18.3 Å². The Hall–Kier alpha value is -2.18. The molecule has 0 radical (unpaired) electrons. The second kappa shape index (κ2) is 8.27. The molecule has 6 heteroatoms. The van der Waals surface area contributed by atoms with Gasteiger partial charge in [0.25, 0.3) is 0 Å². The van der Waals surface area contributed by atoms with Gasteiger partial charge in [-0.15, -0.1) is 0 Å². The predicted octanol–water partition coefficient (Wildman–Crippen LogP) is 2.37. The molecule has 0 aliphatic carbocycles. The first kappa shape index (κ1) is 17.6. The minimum absolute atomic E-state index is 0.341. The normalized spacial score (nSPS) is 17.2. The predicted molar refractivity (Wildman–Crippen MR) is 96.8 cm³/mol. The fraction of sp³-hybridized carbons (Fsp3) is 0.474. The largest absolute Gasteiger partial charge is 0.493 e. The monoisotopic (exact) mass is 342 g/mol. The third-order valence-corrected chi connectivity index (χ3v) is 4.81. The Morgan fingerprint density at radius 3 is 2.44 bits per heavy atom. The first-order valence-corrected chi connectivity index (χ1v) is 8.66. The molecule has 0 aromatic carbocycles. The highest BCUT2D eigenvalue weighted by molar-refractivity contribution is 5.42. The summed E-state index contributed by atoms with van der Waals surface area (Å²) < 4.78 is 10.9. The van der Waals surface area contributed by atoms with Crippen LogP contribution < -0.4 is 9.47 Å². The maximum Gasteiger partial charge on any atom is 0.183 e. The van der Waals surface area contributed by atoms with Crippen LogP contribution in [0.25, 0.3) is 0 Å². The molecule has 1 fully saturated rings. The topological polar surface area (TPSA) is 50.7 Å². The van der Waals surface area contributed by atoms with Crippen molar-refractivity contribution < 1.29 is 9.47 Å². The zero-order valence-corrected chi connectivity index (χ0v) is 15.2. The molecule has 2 aromatic rings. The summed E-state index contributed by atoms with van der Waals surface area (Å²) in [5, 5.41) is 0. The maximum absolute atomic E-state index is 5.49. The number of hydrogen-bond donors (Lipinski definition) is 0. The Labute approximate surface area is 149 Å². The van der Waals surface area contributed by atoms with E-state index in [0.717, 1.165) is 55.6 Å². The van der Waals surface area contributed by atoms with E-state index in [1.54, 1.807) is 20.4 Å². The van der Waals surface area contributed by atoms with E-state index in [1.165, 1.54) is 0 Å². The molecular weight excluding hydrogens is 316 g/mol. The molecular formula is C19H26N4O2. The van der Waals surface area contributed by atoms with Gasteiger partial charge in [-0.1, -0.05) is 6.07 Å². The van der Waals surface area contributed by atoms with E-state index in [9.17, 15) is 0 Å². The lowest BCUT2D eigenvalue weighted by Crippen LogP contribution is -2.46. The van der Waals surface area contributed by atoms with Crippen LogP contribution in [-0.4, -0.2) is 60.2 Å². The summed E-state index contributed by atoms with van der Waals surface area (Å²) in [7, 11) is 3.31. The van der Waals surface area contributed by atoms with Crippen LogP contribution in [0.1, 0.15) is 24.4 Å². The Balaban J connectivity index is 1.60. The molecule has 25 heavy (non-hydrogen) atoms. The quantitative estimate of drug-likeness (QED) is 0.803. The van der Waals surface area contributed by atoms with E-state index in [-0.39, 0.29) is 0 Å². The minimum atomic E-state index is 0.341. The lowest BCUT2D eigenvalue weighted by molar-refractivity contribution is 0.0949. The van der Waals surface area contributed by atoms with Gasteiger partial charge in [-0.05, 0) is 19.1 Å². The number of aromatic nitrogens is 2. The summed E-state index contributed by atoms with van der Waals surface area (Å²) >= 11 is 0. The second-order valence-electron chi connectivity index (χ2n) is 6.24. The van der Waals surface area contributed by atoms with Gasteiger partial charge < -0.3 is 9.47 Å². The summed E-state index contributed by atoms with van der Waals surface area (Å²) in [4.78, 5) is 13.9. The van der Waals surface area contributed by atoms with Crippen LogP contribution in [0.15, 0.2) is 36.7 Å².